The van der Waals surface area contributed by atoms with Gasteiger partial charge in [0.2, 0.25) is 5.89 Å². The first kappa shape index (κ1) is 14.1. The summed E-state index contributed by atoms with van der Waals surface area (Å²) in [6.07, 6.45) is 0. The van der Waals surface area contributed by atoms with Crippen molar-refractivity contribution in [2.75, 3.05) is 6.54 Å². The van der Waals surface area contributed by atoms with Gasteiger partial charge in [0.15, 0.2) is 5.82 Å². The Balaban J connectivity index is 2.01. The van der Waals surface area contributed by atoms with Gasteiger partial charge in [0.05, 0.1) is 11.2 Å². The highest BCUT2D eigenvalue weighted by atomic mass is 32.2. The van der Waals surface area contributed by atoms with Gasteiger partial charge < -0.3 is 10.3 Å². The molecule has 0 spiro atoms. The molecule has 0 saturated carbocycles. The molecule has 0 unspecified atom stereocenters. The maximum Gasteiger partial charge on any atom is 0.233 e. The van der Waals surface area contributed by atoms with Crippen LogP contribution in [0.1, 0.15) is 31.1 Å². The van der Waals surface area contributed by atoms with Gasteiger partial charge in [0.25, 0.3) is 0 Å². The van der Waals surface area contributed by atoms with E-state index in [1.165, 1.54) is 10.5 Å². The van der Waals surface area contributed by atoms with E-state index >= 15 is 0 Å². The number of benzene rings is 1. The van der Waals surface area contributed by atoms with Crippen molar-refractivity contribution in [3.05, 3.63) is 41.5 Å². The summed E-state index contributed by atoms with van der Waals surface area (Å²) in [7, 11) is 0. The number of nitrogens with zero attached hydrogens (tertiary/aromatic N) is 2. The fraction of sp³-hybridized carbons (Fsp3) is 0.429. The molecule has 19 heavy (non-hydrogen) atoms. The lowest BCUT2D eigenvalue weighted by molar-refractivity contribution is 0.309. The van der Waals surface area contributed by atoms with Crippen LogP contribution in [0.15, 0.2) is 33.7 Å². The molecule has 1 aromatic heterocycles. The molecule has 0 aliphatic rings. The third-order valence-corrected chi connectivity index (χ3v) is 3.90. The number of hydrogen-bond donors (Lipinski definition) is 1. The van der Waals surface area contributed by atoms with Crippen LogP contribution in [-0.4, -0.2) is 16.7 Å². The van der Waals surface area contributed by atoms with E-state index in [1.54, 1.807) is 11.8 Å². The standard InChI is InChI=1S/C14H19N3OS/c1-10-5-4-6-11(7-10)19-8-12-16-13(18-17-12)14(2,3)9-15/h4-7H,8-9,15H2,1-3H3. The van der Waals surface area contributed by atoms with Crippen molar-refractivity contribution >= 4 is 11.8 Å². The number of nitrogens with two attached hydrogens (primary N) is 1. The molecule has 2 aromatic rings. The van der Waals surface area contributed by atoms with Crippen LogP contribution in [-0.2, 0) is 11.2 Å². The fourth-order valence-electron chi connectivity index (χ4n) is 1.53. The van der Waals surface area contributed by atoms with E-state index in [0.29, 0.717) is 24.0 Å². The topological polar surface area (TPSA) is 64.9 Å². The molecule has 1 aromatic carbocycles. The van der Waals surface area contributed by atoms with Crippen LogP contribution < -0.4 is 5.73 Å². The van der Waals surface area contributed by atoms with E-state index in [0.717, 1.165) is 0 Å². The Hall–Kier alpha value is -1.33. The van der Waals surface area contributed by atoms with E-state index in [4.69, 9.17) is 10.3 Å². The lowest BCUT2D eigenvalue weighted by atomic mass is 9.94. The highest BCUT2D eigenvalue weighted by Crippen LogP contribution is 2.24. The van der Waals surface area contributed by atoms with Crippen molar-refractivity contribution in [3.63, 3.8) is 0 Å². The third-order valence-electron chi connectivity index (χ3n) is 2.91. The van der Waals surface area contributed by atoms with Crippen molar-refractivity contribution < 1.29 is 4.52 Å². The minimum Gasteiger partial charge on any atom is -0.339 e. The third kappa shape index (κ3) is 3.58. The molecule has 0 saturated heterocycles. The Labute approximate surface area is 117 Å². The highest BCUT2D eigenvalue weighted by molar-refractivity contribution is 7.98. The van der Waals surface area contributed by atoms with Gasteiger partial charge in [-0.1, -0.05) is 22.9 Å². The molecule has 0 aliphatic heterocycles. The maximum atomic E-state index is 5.70. The lowest BCUT2D eigenvalue weighted by Crippen LogP contribution is -2.28. The maximum absolute atomic E-state index is 5.70. The van der Waals surface area contributed by atoms with Gasteiger partial charge in [0, 0.05) is 11.4 Å². The summed E-state index contributed by atoms with van der Waals surface area (Å²) in [6, 6.07) is 8.37. The van der Waals surface area contributed by atoms with Crippen molar-refractivity contribution in [2.24, 2.45) is 5.73 Å². The fourth-order valence-corrected chi connectivity index (χ4v) is 2.38. The molecule has 0 fully saturated rings. The Morgan fingerprint density at radius 2 is 2.16 bits per heavy atom. The predicted molar refractivity (Wildman–Crippen MR) is 77.1 cm³/mol. The number of rotatable bonds is 5. The lowest BCUT2D eigenvalue weighted by Gasteiger charge is -2.15. The summed E-state index contributed by atoms with van der Waals surface area (Å²) in [5.74, 6) is 2.02. The first-order chi connectivity index (χ1) is 9.01. The summed E-state index contributed by atoms with van der Waals surface area (Å²) in [6.45, 7) is 6.57. The van der Waals surface area contributed by atoms with E-state index < -0.39 is 0 Å². The van der Waals surface area contributed by atoms with Gasteiger partial charge in [-0.15, -0.1) is 11.8 Å². The molecule has 4 nitrogen and oxygen atoms in total. The molecule has 2 N–H and O–H groups in total. The Morgan fingerprint density at radius 3 is 2.84 bits per heavy atom. The molecule has 1 heterocycles. The largest absolute Gasteiger partial charge is 0.339 e. The van der Waals surface area contributed by atoms with Gasteiger partial charge in [-0.05, 0) is 32.9 Å². The summed E-state index contributed by atoms with van der Waals surface area (Å²) in [5.41, 5.74) is 6.68. The SMILES string of the molecule is Cc1cccc(SCc2noc(C(C)(C)CN)n2)c1. The second-order valence-electron chi connectivity index (χ2n) is 5.21. The first-order valence-electron chi connectivity index (χ1n) is 6.24. The van der Waals surface area contributed by atoms with E-state index in [9.17, 15) is 0 Å². The molecule has 0 aliphatic carbocycles. The number of aromatic nitrogens is 2. The summed E-state index contributed by atoms with van der Waals surface area (Å²) in [4.78, 5) is 5.62. The molecular weight excluding hydrogens is 258 g/mol. The van der Waals surface area contributed by atoms with Crippen LogP contribution in [0.3, 0.4) is 0 Å². The van der Waals surface area contributed by atoms with Crippen LogP contribution in [0.25, 0.3) is 0 Å². The molecule has 102 valence electrons. The van der Waals surface area contributed by atoms with Gasteiger partial charge in [-0.25, -0.2) is 0 Å². The monoisotopic (exact) mass is 277 g/mol. The van der Waals surface area contributed by atoms with Crippen molar-refractivity contribution in [3.8, 4) is 0 Å². The van der Waals surface area contributed by atoms with Crippen LogP contribution >= 0.6 is 11.8 Å². The zero-order chi connectivity index (χ0) is 13.9. The van der Waals surface area contributed by atoms with Crippen molar-refractivity contribution in [1.29, 1.82) is 0 Å². The number of thioether (sulfide) groups is 1. The van der Waals surface area contributed by atoms with Crippen LogP contribution in [0, 0.1) is 6.92 Å². The molecular formula is C14H19N3OS. The van der Waals surface area contributed by atoms with Gasteiger partial charge in [-0.2, -0.15) is 4.98 Å². The molecule has 0 amide bonds. The van der Waals surface area contributed by atoms with Gasteiger partial charge in [0.1, 0.15) is 0 Å². The zero-order valence-corrected chi connectivity index (χ0v) is 12.3. The zero-order valence-electron chi connectivity index (χ0n) is 11.5. The second kappa shape index (κ2) is 5.75. The minimum atomic E-state index is -0.265. The average Bonchev–Trinajstić information content (AvgIpc) is 2.86. The molecule has 0 bridgehead atoms. The number of hydrogen-bond acceptors (Lipinski definition) is 5. The molecule has 2 rings (SSSR count). The summed E-state index contributed by atoms with van der Waals surface area (Å²) < 4.78 is 5.28. The highest BCUT2D eigenvalue weighted by Gasteiger charge is 2.25. The van der Waals surface area contributed by atoms with Crippen LogP contribution in [0.4, 0.5) is 0 Å². The van der Waals surface area contributed by atoms with Crippen LogP contribution in [0.5, 0.6) is 0 Å². The Morgan fingerprint density at radius 1 is 1.37 bits per heavy atom. The van der Waals surface area contributed by atoms with Crippen LogP contribution in [0.2, 0.25) is 0 Å². The van der Waals surface area contributed by atoms with Gasteiger partial charge >= 0.3 is 0 Å². The first-order valence-corrected chi connectivity index (χ1v) is 7.22. The summed E-state index contributed by atoms with van der Waals surface area (Å²) >= 11 is 1.70. The molecule has 0 atom stereocenters. The Bertz CT molecular complexity index is 551. The smallest absolute Gasteiger partial charge is 0.233 e. The Kier molecular flexibility index (Phi) is 4.27. The molecule has 0 radical (unpaired) electrons. The minimum absolute atomic E-state index is 0.265. The number of aryl methyl sites for hydroxylation is 1. The van der Waals surface area contributed by atoms with Crippen molar-refractivity contribution in [1.82, 2.24) is 10.1 Å². The molecule has 5 heteroatoms. The quantitative estimate of drug-likeness (QED) is 0.851. The van der Waals surface area contributed by atoms with E-state index in [2.05, 4.69) is 41.3 Å². The average molecular weight is 277 g/mol. The predicted octanol–water partition coefficient (Wildman–Crippen LogP) is 2.91. The summed E-state index contributed by atoms with van der Waals surface area (Å²) in [5, 5.41) is 4.01. The van der Waals surface area contributed by atoms with Crippen molar-refractivity contribution in [2.45, 2.75) is 36.8 Å². The van der Waals surface area contributed by atoms with E-state index in [-0.39, 0.29) is 5.41 Å². The van der Waals surface area contributed by atoms with Gasteiger partial charge in [-0.3, -0.25) is 0 Å². The second-order valence-corrected chi connectivity index (χ2v) is 6.26. The van der Waals surface area contributed by atoms with E-state index in [1.807, 2.05) is 13.8 Å². The normalized spacial score (nSPS) is 11.8.